The Morgan fingerprint density at radius 3 is 2.31 bits per heavy atom. The molecular weight excluding hydrogens is 366 g/mol. The molecule has 0 saturated heterocycles. The van der Waals surface area contributed by atoms with Gasteiger partial charge in [-0.2, -0.15) is 0 Å². The van der Waals surface area contributed by atoms with Crippen LogP contribution in [0.4, 0.5) is 4.79 Å². The zero-order valence-corrected chi connectivity index (χ0v) is 16.8. The van der Waals surface area contributed by atoms with Crippen molar-refractivity contribution in [3.05, 3.63) is 88.5 Å². The standard InChI is InChI=1S/C23H25N3O3/c1-23(2,3)29-22(28)25-19(14-16-10-6-4-7-11-16)21-24-18(15-20(27)26-21)17-12-8-5-9-13-17/h4-13,15,19H,14H2,1-3H3,(H,25,28)(H,24,26,27). The normalized spacial score (nSPS) is 12.2. The first-order valence-corrected chi connectivity index (χ1v) is 9.50. The summed E-state index contributed by atoms with van der Waals surface area (Å²) in [5, 5.41) is 2.85. The first kappa shape index (κ1) is 20.3. The van der Waals surface area contributed by atoms with Gasteiger partial charge in [0.05, 0.1) is 11.7 Å². The van der Waals surface area contributed by atoms with E-state index in [1.807, 2.05) is 60.7 Å². The van der Waals surface area contributed by atoms with Crippen molar-refractivity contribution < 1.29 is 9.53 Å². The highest BCUT2D eigenvalue weighted by atomic mass is 16.6. The summed E-state index contributed by atoms with van der Waals surface area (Å²) in [5.74, 6) is 0.381. The number of ether oxygens (including phenoxy) is 1. The maximum absolute atomic E-state index is 12.4. The first-order chi connectivity index (χ1) is 13.8. The number of hydrogen-bond acceptors (Lipinski definition) is 4. The van der Waals surface area contributed by atoms with Gasteiger partial charge in [0.15, 0.2) is 0 Å². The van der Waals surface area contributed by atoms with E-state index < -0.39 is 17.7 Å². The molecule has 0 bridgehead atoms. The molecule has 0 radical (unpaired) electrons. The van der Waals surface area contributed by atoms with Gasteiger partial charge in [-0.05, 0) is 26.3 Å². The van der Waals surface area contributed by atoms with Crippen molar-refractivity contribution in [2.75, 3.05) is 0 Å². The number of carbonyl (C=O) groups excluding carboxylic acids is 1. The lowest BCUT2D eigenvalue weighted by Gasteiger charge is -2.23. The number of aromatic amines is 1. The lowest BCUT2D eigenvalue weighted by Crippen LogP contribution is -2.37. The van der Waals surface area contributed by atoms with Crippen LogP contribution >= 0.6 is 0 Å². The third-order valence-corrected chi connectivity index (χ3v) is 4.13. The van der Waals surface area contributed by atoms with Crippen LogP contribution in [0.25, 0.3) is 11.3 Å². The Morgan fingerprint density at radius 1 is 1.07 bits per heavy atom. The van der Waals surface area contributed by atoms with Gasteiger partial charge in [0.2, 0.25) is 0 Å². The van der Waals surface area contributed by atoms with Gasteiger partial charge >= 0.3 is 6.09 Å². The lowest BCUT2D eigenvalue weighted by molar-refractivity contribution is 0.0501. The molecule has 2 N–H and O–H groups in total. The van der Waals surface area contributed by atoms with Crippen LogP contribution in [-0.4, -0.2) is 21.7 Å². The maximum atomic E-state index is 12.4. The number of nitrogens with one attached hydrogen (secondary N) is 2. The molecule has 150 valence electrons. The molecule has 0 saturated carbocycles. The van der Waals surface area contributed by atoms with Crippen molar-refractivity contribution in [3.8, 4) is 11.3 Å². The molecule has 1 amide bonds. The summed E-state index contributed by atoms with van der Waals surface area (Å²) in [5.41, 5.74) is 1.47. The summed E-state index contributed by atoms with van der Waals surface area (Å²) in [4.78, 5) is 32.1. The van der Waals surface area contributed by atoms with Crippen molar-refractivity contribution >= 4 is 6.09 Å². The molecule has 0 aliphatic heterocycles. The Bertz CT molecular complexity index is 1010. The van der Waals surface area contributed by atoms with E-state index in [1.165, 1.54) is 6.07 Å². The fourth-order valence-electron chi connectivity index (χ4n) is 2.91. The second-order valence-corrected chi connectivity index (χ2v) is 7.77. The topological polar surface area (TPSA) is 84.1 Å². The van der Waals surface area contributed by atoms with Crippen LogP contribution in [-0.2, 0) is 11.2 Å². The van der Waals surface area contributed by atoms with E-state index >= 15 is 0 Å². The maximum Gasteiger partial charge on any atom is 0.408 e. The van der Waals surface area contributed by atoms with Crippen molar-refractivity contribution in [2.24, 2.45) is 0 Å². The SMILES string of the molecule is CC(C)(C)OC(=O)NC(Cc1ccccc1)c1nc(-c2ccccc2)cc(=O)[nH]1. The third kappa shape index (κ3) is 6.04. The van der Waals surface area contributed by atoms with E-state index in [0.29, 0.717) is 17.9 Å². The highest BCUT2D eigenvalue weighted by molar-refractivity contribution is 5.68. The van der Waals surface area contributed by atoms with Crippen LogP contribution in [0.3, 0.4) is 0 Å². The van der Waals surface area contributed by atoms with Gasteiger partial charge in [-0.25, -0.2) is 9.78 Å². The number of hydrogen-bond donors (Lipinski definition) is 2. The number of benzene rings is 2. The average molecular weight is 391 g/mol. The average Bonchev–Trinajstić information content (AvgIpc) is 2.67. The Hall–Kier alpha value is -3.41. The Balaban J connectivity index is 1.95. The van der Waals surface area contributed by atoms with Gasteiger partial charge in [0, 0.05) is 18.1 Å². The molecular formula is C23H25N3O3. The zero-order chi connectivity index (χ0) is 20.9. The van der Waals surface area contributed by atoms with Crippen LogP contribution in [0, 0.1) is 0 Å². The molecule has 1 atom stereocenters. The van der Waals surface area contributed by atoms with Crippen molar-refractivity contribution in [2.45, 2.75) is 38.8 Å². The van der Waals surface area contributed by atoms with E-state index in [-0.39, 0.29) is 5.56 Å². The summed E-state index contributed by atoms with van der Waals surface area (Å²) in [6.07, 6.45) is -0.104. The van der Waals surface area contributed by atoms with Gasteiger partial charge < -0.3 is 15.0 Å². The molecule has 3 rings (SSSR count). The van der Waals surface area contributed by atoms with Crippen molar-refractivity contribution in [1.29, 1.82) is 0 Å². The number of rotatable bonds is 5. The number of aromatic nitrogens is 2. The Labute approximate surface area is 170 Å². The van der Waals surface area contributed by atoms with Crippen molar-refractivity contribution in [3.63, 3.8) is 0 Å². The summed E-state index contributed by atoms with van der Waals surface area (Å²) < 4.78 is 5.40. The molecule has 0 spiro atoms. The quantitative estimate of drug-likeness (QED) is 0.681. The molecule has 6 heteroatoms. The zero-order valence-electron chi connectivity index (χ0n) is 16.8. The van der Waals surface area contributed by atoms with Crippen LogP contribution in [0.15, 0.2) is 71.5 Å². The minimum absolute atomic E-state index is 0.280. The first-order valence-electron chi connectivity index (χ1n) is 9.50. The third-order valence-electron chi connectivity index (χ3n) is 4.13. The second kappa shape index (κ2) is 8.73. The van der Waals surface area contributed by atoms with E-state index in [1.54, 1.807) is 20.8 Å². The Morgan fingerprint density at radius 2 is 1.69 bits per heavy atom. The number of H-pyrrole nitrogens is 1. The van der Waals surface area contributed by atoms with E-state index in [4.69, 9.17) is 4.74 Å². The fraction of sp³-hybridized carbons (Fsp3) is 0.261. The summed E-state index contributed by atoms with van der Waals surface area (Å²) >= 11 is 0. The summed E-state index contributed by atoms with van der Waals surface area (Å²) in [6, 6.07) is 20.1. The fourth-order valence-corrected chi connectivity index (χ4v) is 2.91. The molecule has 1 heterocycles. The van der Waals surface area contributed by atoms with Crippen LogP contribution in [0.1, 0.15) is 38.2 Å². The lowest BCUT2D eigenvalue weighted by atomic mass is 10.0. The van der Waals surface area contributed by atoms with Gasteiger partial charge in [-0.15, -0.1) is 0 Å². The number of amides is 1. The van der Waals surface area contributed by atoms with Gasteiger partial charge in [-0.3, -0.25) is 4.79 Å². The molecule has 2 aromatic carbocycles. The molecule has 6 nitrogen and oxygen atoms in total. The smallest absolute Gasteiger partial charge is 0.408 e. The van der Waals surface area contributed by atoms with Gasteiger partial charge in [-0.1, -0.05) is 60.7 Å². The van der Waals surface area contributed by atoms with Gasteiger partial charge in [0.25, 0.3) is 5.56 Å². The van der Waals surface area contributed by atoms with Gasteiger partial charge in [0.1, 0.15) is 11.4 Å². The van der Waals surface area contributed by atoms with Crippen LogP contribution < -0.4 is 10.9 Å². The molecule has 0 fully saturated rings. The number of nitrogens with zero attached hydrogens (tertiary/aromatic N) is 1. The highest BCUT2D eigenvalue weighted by Crippen LogP contribution is 2.20. The number of carbonyl (C=O) groups is 1. The molecule has 3 aromatic rings. The minimum atomic E-state index is -0.631. The number of alkyl carbamates (subject to hydrolysis) is 1. The van der Waals surface area contributed by atoms with Crippen LogP contribution in [0.2, 0.25) is 0 Å². The van der Waals surface area contributed by atoms with E-state index in [2.05, 4.69) is 15.3 Å². The molecule has 1 unspecified atom stereocenters. The second-order valence-electron chi connectivity index (χ2n) is 7.77. The van der Waals surface area contributed by atoms with Crippen molar-refractivity contribution in [1.82, 2.24) is 15.3 Å². The molecule has 29 heavy (non-hydrogen) atoms. The highest BCUT2D eigenvalue weighted by Gasteiger charge is 2.23. The van der Waals surface area contributed by atoms with E-state index in [0.717, 1.165) is 11.1 Å². The molecule has 1 aromatic heterocycles. The Kier molecular flexibility index (Phi) is 6.12. The predicted octanol–water partition coefficient (Wildman–Crippen LogP) is 4.25. The van der Waals surface area contributed by atoms with E-state index in [9.17, 15) is 9.59 Å². The monoisotopic (exact) mass is 391 g/mol. The van der Waals surface area contributed by atoms with Crippen LogP contribution in [0.5, 0.6) is 0 Å². The minimum Gasteiger partial charge on any atom is -0.444 e. The molecule has 0 aliphatic carbocycles. The largest absolute Gasteiger partial charge is 0.444 e. The predicted molar refractivity (Wildman–Crippen MR) is 113 cm³/mol. The summed E-state index contributed by atoms with van der Waals surface area (Å²) in [6.45, 7) is 5.40. The molecule has 0 aliphatic rings. The summed E-state index contributed by atoms with van der Waals surface area (Å²) in [7, 11) is 0.